The van der Waals surface area contributed by atoms with Crippen molar-refractivity contribution in [3.63, 3.8) is 0 Å². The standard InChI is InChI=1S/C18H29N5/c1-4-5-8-17-19-10-16(21-17)13-23-9-6-7-15(12-23)18-20-14(2)11-22(18)3/h10-11,15H,4-9,12-13H2,1-3H3,(H,19,21). The normalized spacial score (nSPS) is 19.3. The van der Waals surface area contributed by atoms with Crippen molar-refractivity contribution in [3.05, 3.63) is 35.4 Å². The molecule has 0 saturated carbocycles. The molecule has 1 aliphatic rings. The smallest absolute Gasteiger partial charge is 0.113 e. The first-order valence-electron chi connectivity index (χ1n) is 8.90. The van der Waals surface area contributed by atoms with Crippen LogP contribution in [0.3, 0.4) is 0 Å². The fourth-order valence-electron chi connectivity index (χ4n) is 3.62. The highest BCUT2D eigenvalue weighted by atomic mass is 15.2. The van der Waals surface area contributed by atoms with E-state index in [0.717, 1.165) is 31.0 Å². The Labute approximate surface area is 139 Å². The quantitative estimate of drug-likeness (QED) is 0.891. The van der Waals surface area contributed by atoms with Crippen LogP contribution in [0.2, 0.25) is 0 Å². The Morgan fingerprint density at radius 2 is 2.26 bits per heavy atom. The molecule has 1 atom stereocenters. The van der Waals surface area contributed by atoms with Crippen molar-refractivity contribution < 1.29 is 0 Å². The van der Waals surface area contributed by atoms with Crippen LogP contribution in [0.25, 0.3) is 0 Å². The molecule has 0 amide bonds. The number of likely N-dealkylation sites (tertiary alicyclic amines) is 1. The summed E-state index contributed by atoms with van der Waals surface area (Å²) in [6, 6.07) is 0. The molecule has 0 bridgehead atoms. The molecule has 5 nitrogen and oxygen atoms in total. The third-order valence-electron chi connectivity index (χ3n) is 4.75. The third-order valence-corrected chi connectivity index (χ3v) is 4.75. The topological polar surface area (TPSA) is 49.7 Å². The zero-order valence-electron chi connectivity index (χ0n) is 14.7. The van der Waals surface area contributed by atoms with Crippen LogP contribution in [0.15, 0.2) is 12.4 Å². The SMILES string of the molecule is CCCCc1ncc(CN2CCCC(c3nc(C)cn3C)C2)[nH]1. The number of nitrogens with zero attached hydrogens (tertiary/aromatic N) is 4. The second-order valence-corrected chi connectivity index (χ2v) is 6.88. The lowest BCUT2D eigenvalue weighted by Crippen LogP contribution is -2.34. The molecule has 0 radical (unpaired) electrons. The summed E-state index contributed by atoms with van der Waals surface area (Å²) in [5.74, 6) is 2.92. The van der Waals surface area contributed by atoms with Crippen LogP contribution in [-0.2, 0) is 20.0 Å². The van der Waals surface area contributed by atoms with E-state index in [4.69, 9.17) is 4.98 Å². The minimum atomic E-state index is 0.546. The van der Waals surface area contributed by atoms with Gasteiger partial charge in [0.25, 0.3) is 0 Å². The van der Waals surface area contributed by atoms with Crippen LogP contribution in [0.1, 0.15) is 61.6 Å². The molecule has 1 fully saturated rings. The first kappa shape index (κ1) is 16.2. The van der Waals surface area contributed by atoms with Gasteiger partial charge in [0.2, 0.25) is 0 Å². The zero-order valence-corrected chi connectivity index (χ0v) is 14.7. The number of hydrogen-bond donors (Lipinski definition) is 1. The van der Waals surface area contributed by atoms with Crippen molar-refractivity contribution in [1.29, 1.82) is 0 Å². The van der Waals surface area contributed by atoms with E-state index >= 15 is 0 Å². The summed E-state index contributed by atoms with van der Waals surface area (Å²) in [6.07, 6.45) is 10.1. The van der Waals surface area contributed by atoms with Crippen molar-refractivity contribution in [1.82, 2.24) is 24.4 Å². The minimum Gasteiger partial charge on any atom is -0.345 e. The summed E-state index contributed by atoms with van der Waals surface area (Å²) >= 11 is 0. The monoisotopic (exact) mass is 315 g/mol. The fraction of sp³-hybridized carbons (Fsp3) is 0.667. The lowest BCUT2D eigenvalue weighted by atomic mass is 9.97. The van der Waals surface area contributed by atoms with Gasteiger partial charge in [-0.15, -0.1) is 0 Å². The van der Waals surface area contributed by atoms with E-state index in [1.165, 1.54) is 43.7 Å². The number of unbranched alkanes of at least 4 members (excludes halogenated alkanes) is 1. The Morgan fingerprint density at radius 1 is 1.39 bits per heavy atom. The van der Waals surface area contributed by atoms with Crippen molar-refractivity contribution in [2.75, 3.05) is 13.1 Å². The highest BCUT2D eigenvalue weighted by Crippen LogP contribution is 2.26. The van der Waals surface area contributed by atoms with Gasteiger partial charge < -0.3 is 9.55 Å². The summed E-state index contributed by atoms with van der Waals surface area (Å²) in [7, 11) is 2.11. The summed E-state index contributed by atoms with van der Waals surface area (Å²) < 4.78 is 2.20. The Kier molecular flexibility index (Phi) is 5.16. The largest absolute Gasteiger partial charge is 0.345 e. The molecule has 1 unspecified atom stereocenters. The van der Waals surface area contributed by atoms with Gasteiger partial charge in [-0.2, -0.15) is 0 Å². The average molecular weight is 315 g/mol. The maximum atomic E-state index is 4.73. The molecule has 3 heterocycles. The predicted molar refractivity (Wildman–Crippen MR) is 92.4 cm³/mol. The number of hydrogen-bond acceptors (Lipinski definition) is 3. The maximum Gasteiger partial charge on any atom is 0.113 e. The summed E-state index contributed by atoms with van der Waals surface area (Å²) in [5, 5.41) is 0. The summed E-state index contributed by atoms with van der Waals surface area (Å²) in [5.41, 5.74) is 2.36. The number of aryl methyl sites for hydroxylation is 3. The van der Waals surface area contributed by atoms with E-state index in [2.05, 4.69) is 46.5 Å². The summed E-state index contributed by atoms with van der Waals surface area (Å²) in [6.45, 7) is 7.53. The molecule has 1 N–H and O–H groups in total. The van der Waals surface area contributed by atoms with Gasteiger partial charge in [0, 0.05) is 50.6 Å². The Hall–Kier alpha value is -1.62. The number of H-pyrrole nitrogens is 1. The molecule has 1 saturated heterocycles. The fourth-order valence-corrected chi connectivity index (χ4v) is 3.62. The molecule has 0 aromatic carbocycles. The molecule has 23 heavy (non-hydrogen) atoms. The number of piperidine rings is 1. The van der Waals surface area contributed by atoms with Crippen molar-refractivity contribution in [2.45, 2.75) is 58.4 Å². The maximum absolute atomic E-state index is 4.73. The lowest BCUT2D eigenvalue weighted by molar-refractivity contribution is 0.193. The van der Waals surface area contributed by atoms with Crippen LogP contribution in [0.4, 0.5) is 0 Å². The van der Waals surface area contributed by atoms with E-state index in [-0.39, 0.29) is 0 Å². The molecule has 3 rings (SSSR count). The number of aromatic amines is 1. The average Bonchev–Trinajstić information content (AvgIpc) is 3.11. The molecule has 126 valence electrons. The Balaban J connectivity index is 1.60. The van der Waals surface area contributed by atoms with E-state index in [1.807, 2.05) is 6.20 Å². The van der Waals surface area contributed by atoms with Gasteiger partial charge in [-0.05, 0) is 32.7 Å². The number of imidazole rings is 2. The molecule has 0 spiro atoms. The van der Waals surface area contributed by atoms with E-state index < -0.39 is 0 Å². The number of nitrogens with one attached hydrogen (secondary N) is 1. The van der Waals surface area contributed by atoms with Crippen LogP contribution >= 0.6 is 0 Å². The highest BCUT2D eigenvalue weighted by Gasteiger charge is 2.24. The molecule has 5 heteroatoms. The van der Waals surface area contributed by atoms with Crippen molar-refractivity contribution >= 4 is 0 Å². The highest BCUT2D eigenvalue weighted by molar-refractivity contribution is 5.09. The van der Waals surface area contributed by atoms with Gasteiger partial charge in [0.05, 0.1) is 5.69 Å². The van der Waals surface area contributed by atoms with E-state index in [0.29, 0.717) is 5.92 Å². The lowest BCUT2D eigenvalue weighted by Gasteiger charge is -2.32. The molecule has 0 aliphatic carbocycles. The first-order chi connectivity index (χ1) is 11.2. The number of rotatable bonds is 6. The Bertz CT molecular complexity index is 627. The van der Waals surface area contributed by atoms with Crippen LogP contribution in [0, 0.1) is 6.92 Å². The molecular formula is C18H29N5. The van der Waals surface area contributed by atoms with Crippen LogP contribution in [0.5, 0.6) is 0 Å². The van der Waals surface area contributed by atoms with Crippen molar-refractivity contribution in [2.24, 2.45) is 7.05 Å². The summed E-state index contributed by atoms with van der Waals surface area (Å²) in [4.78, 5) is 15.3. The molecule has 2 aromatic heterocycles. The predicted octanol–water partition coefficient (Wildman–Crippen LogP) is 3.17. The molecule has 1 aliphatic heterocycles. The van der Waals surface area contributed by atoms with Gasteiger partial charge in [0.15, 0.2) is 0 Å². The van der Waals surface area contributed by atoms with Crippen LogP contribution < -0.4 is 0 Å². The minimum absolute atomic E-state index is 0.546. The van der Waals surface area contributed by atoms with Crippen molar-refractivity contribution in [3.8, 4) is 0 Å². The van der Waals surface area contributed by atoms with Gasteiger partial charge >= 0.3 is 0 Å². The van der Waals surface area contributed by atoms with Gasteiger partial charge in [0.1, 0.15) is 11.6 Å². The van der Waals surface area contributed by atoms with Crippen LogP contribution in [-0.4, -0.2) is 37.5 Å². The number of aromatic nitrogens is 4. The first-order valence-corrected chi connectivity index (χ1v) is 8.90. The third kappa shape index (κ3) is 4.02. The second-order valence-electron chi connectivity index (χ2n) is 6.88. The molecular weight excluding hydrogens is 286 g/mol. The molecule has 2 aromatic rings. The van der Waals surface area contributed by atoms with E-state index in [9.17, 15) is 0 Å². The Morgan fingerprint density at radius 3 is 3.00 bits per heavy atom. The van der Waals surface area contributed by atoms with Gasteiger partial charge in [-0.25, -0.2) is 9.97 Å². The zero-order chi connectivity index (χ0) is 16.2. The van der Waals surface area contributed by atoms with Gasteiger partial charge in [-0.1, -0.05) is 13.3 Å². The second kappa shape index (κ2) is 7.30. The van der Waals surface area contributed by atoms with Gasteiger partial charge in [-0.3, -0.25) is 4.90 Å². The van der Waals surface area contributed by atoms with E-state index in [1.54, 1.807) is 0 Å².